The molecule has 2 heterocycles. The van der Waals surface area contributed by atoms with Crippen LogP contribution in [0.15, 0.2) is 36.4 Å². The van der Waals surface area contributed by atoms with Gasteiger partial charge in [-0.1, -0.05) is 12.8 Å². The molecule has 31 heavy (non-hydrogen) atoms. The molecule has 1 atom stereocenters. The molecule has 0 amide bonds. The molecular formula is C22H25F2N3O3S. The minimum atomic E-state index is -3.58. The predicted molar refractivity (Wildman–Crippen MR) is 115 cm³/mol. The molecule has 1 saturated carbocycles. The number of aliphatic hydroxyl groups is 1. The second-order valence-corrected chi connectivity index (χ2v) is 10.4. The zero-order valence-corrected chi connectivity index (χ0v) is 17.9. The van der Waals surface area contributed by atoms with Crippen LogP contribution in [-0.4, -0.2) is 58.5 Å². The van der Waals surface area contributed by atoms with Gasteiger partial charge in [-0.05, 0) is 49.2 Å². The van der Waals surface area contributed by atoms with Crippen LogP contribution in [0.2, 0.25) is 0 Å². The summed E-state index contributed by atoms with van der Waals surface area (Å²) in [7, 11) is -3.58. The number of halogens is 2. The largest absolute Gasteiger partial charge is 0.390 e. The average molecular weight is 450 g/mol. The van der Waals surface area contributed by atoms with E-state index in [1.165, 1.54) is 28.6 Å². The Morgan fingerprint density at radius 3 is 2.10 bits per heavy atom. The van der Waals surface area contributed by atoms with Gasteiger partial charge in [0.15, 0.2) is 0 Å². The fraction of sp³-hybridized carbons (Fsp3) is 0.455. The summed E-state index contributed by atoms with van der Waals surface area (Å²) in [6, 6.07) is 8.62. The number of nitrogens with zero attached hydrogens (tertiary/aromatic N) is 3. The third-order valence-electron chi connectivity index (χ3n) is 6.52. The lowest BCUT2D eigenvalue weighted by atomic mass is 10.1. The van der Waals surface area contributed by atoms with Crippen molar-refractivity contribution in [1.82, 2.24) is 13.2 Å². The van der Waals surface area contributed by atoms with E-state index in [0.29, 0.717) is 34.9 Å². The van der Waals surface area contributed by atoms with Crippen LogP contribution in [0.5, 0.6) is 0 Å². The highest BCUT2D eigenvalue weighted by atomic mass is 32.2. The Bertz CT molecular complexity index is 1180. The van der Waals surface area contributed by atoms with Crippen molar-refractivity contribution in [2.24, 2.45) is 0 Å². The van der Waals surface area contributed by atoms with Gasteiger partial charge in [-0.3, -0.25) is 0 Å². The average Bonchev–Trinajstić information content (AvgIpc) is 3.41. The van der Waals surface area contributed by atoms with Crippen molar-refractivity contribution in [2.45, 2.75) is 44.4 Å². The van der Waals surface area contributed by atoms with Crippen molar-refractivity contribution in [1.29, 1.82) is 0 Å². The number of aliphatic hydroxyl groups excluding tert-OH is 1. The highest BCUT2D eigenvalue weighted by Gasteiger charge is 2.42. The van der Waals surface area contributed by atoms with Gasteiger partial charge in [0.05, 0.1) is 12.6 Å². The third kappa shape index (κ3) is 3.63. The number of benzene rings is 2. The first-order chi connectivity index (χ1) is 14.8. The Balaban J connectivity index is 1.41. The van der Waals surface area contributed by atoms with Crippen molar-refractivity contribution in [3.8, 4) is 0 Å². The standard InChI is InChI=1S/C22H25F2N3O3S/c23-15-5-7-21-19(11-15)20-12-16(24)6-8-22(20)26(21)14-18(28)13-25-9-10-27(31(25,29)30)17-3-1-2-4-17/h5-8,11-12,17-18,28H,1-4,9-10,13-14H2. The molecule has 0 radical (unpaired) electrons. The quantitative estimate of drug-likeness (QED) is 0.651. The van der Waals surface area contributed by atoms with E-state index in [9.17, 15) is 22.3 Å². The summed E-state index contributed by atoms with van der Waals surface area (Å²) >= 11 is 0. The molecule has 2 fully saturated rings. The fourth-order valence-electron chi connectivity index (χ4n) is 5.09. The summed E-state index contributed by atoms with van der Waals surface area (Å²) in [5.41, 5.74) is 1.33. The normalized spacial score (nSPS) is 21.5. The molecule has 3 aromatic rings. The first-order valence-electron chi connectivity index (χ1n) is 10.7. The molecular weight excluding hydrogens is 424 g/mol. The molecule has 1 unspecified atom stereocenters. The lowest BCUT2D eigenvalue weighted by Crippen LogP contribution is -2.41. The molecule has 5 rings (SSSR count). The second kappa shape index (κ2) is 7.81. The van der Waals surface area contributed by atoms with Gasteiger partial charge in [-0.25, -0.2) is 8.78 Å². The first-order valence-corrected chi connectivity index (χ1v) is 12.1. The summed E-state index contributed by atoms with van der Waals surface area (Å²) in [6.45, 7) is 0.912. The smallest absolute Gasteiger partial charge is 0.282 e. The van der Waals surface area contributed by atoms with Crippen LogP contribution in [-0.2, 0) is 16.8 Å². The zero-order valence-electron chi connectivity index (χ0n) is 17.0. The maximum atomic E-state index is 13.8. The number of rotatable bonds is 5. The Hall–Kier alpha value is -2.07. The van der Waals surface area contributed by atoms with Crippen molar-refractivity contribution in [3.63, 3.8) is 0 Å². The molecule has 9 heteroatoms. The third-order valence-corrected chi connectivity index (χ3v) is 8.58. The number of β-amino-alcohol motifs (C(OH)–C–C–N with tert-alkyl or cyclic N) is 1. The van der Waals surface area contributed by atoms with Gasteiger partial charge in [0, 0.05) is 47.5 Å². The molecule has 1 aromatic heterocycles. The predicted octanol–water partition coefficient (Wildman–Crippen LogP) is 3.24. The topological polar surface area (TPSA) is 65.8 Å². The molecule has 166 valence electrons. The van der Waals surface area contributed by atoms with Crippen molar-refractivity contribution in [2.75, 3.05) is 19.6 Å². The van der Waals surface area contributed by atoms with E-state index < -0.39 is 27.9 Å². The highest BCUT2D eigenvalue weighted by Crippen LogP contribution is 2.32. The number of hydrogen-bond donors (Lipinski definition) is 1. The monoisotopic (exact) mass is 449 g/mol. The molecule has 1 N–H and O–H groups in total. The summed E-state index contributed by atoms with van der Waals surface area (Å²) < 4.78 is 58.3. The van der Waals surface area contributed by atoms with Crippen molar-refractivity contribution < 1.29 is 22.3 Å². The SMILES string of the molecule is O=S1(=O)N(CC(O)Cn2c3ccc(F)cc3c3cc(F)ccc32)CCN1C1CCCC1. The minimum Gasteiger partial charge on any atom is -0.390 e. The molecule has 0 bridgehead atoms. The lowest BCUT2D eigenvalue weighted by molar-refractivity contribution is 0.133. The van der Waals surface area contributed by atoms with Gasteiger partial charge >= 0.3 is 0 Å². The first kappa shape index (κ1) is 20.8. The zero-order chi connectivity index (χ0) is 21.8. The van der Waals surface area contributed by atoms with Gasteiger partial charge in [0.25, 0.3) is 10.2 Å². The van der Waals surface area contributed by atoms with Crippen LogP contribution in [0.25, 0.3) is 21.8 Å². The molecule has 6 nitrogen and oxygen atoms in total. The summed E-state index contributed by atoms with van der Waals surface area (Å²) in [5.74, 6) is -0.849. The maximum Gasteiger partial charge on any atom is 0.282 e. The highest BCUT2D eigenvalue weighted by molar-refractivity contribution is 7.87. The van der Waals surface area contributed by atoms with E-state index >= 15 is 0 Å². The minimum absolute atomic E-state index is 0.0187. The van der Waals surface area contributed by atoms with E-state index in [4.69, 9.17) is 0 Å². The van der Waals surface area contributed by atoms with Gasteiger partial charge in [-0.2, -0.15) is 17.0 Å². The number of hydrogen-bond acceptors (Lipinski definition) is 3. The molecule has 0 spiro atoms. The Labute approximate surface area is 179 Å². The van der Waals surface area contributed by atoms with Crippen molar-refractivity contribution in [3.05, 3.63) is 48.0 Å². The van der Waals surface area contributed by atoms with Crippen LogP contribution >= 0.6 is 0 Å². The van der Waals surface area contributed by atoms with Crippen LogP contribution in [0.3, 0.4) is 0 Å². The summed E-state index contributed by atoms with van der Waals surface area (Å²) in [6.07, 6.45) is 2.92. The van der Waals surface area contributed by atoms with E-state index in [1.807, 2.05) is 0 Å². The molecule has 1 aliphatic heterocycles. The van der Waals surface area contributed by atoms with Crippen LogP contribution in [0, 0.1) is 11.6 Å². The maximum absolute atomic E-state index is 13.8. The Morgan fingerprint density at radius 1 is 0.935 bits per heavy atom. The Morgan fingerprint density at radius 2 is 1.52 bits per heavy atom. The second-order valence-electron chi connectivity index (χ2n) is 8.50. The van der Waals surface area contributed by atoms with Gasteiger partial charge in [0.2, 0.25) is 0 Å². The van der Waals surface area contributed by atoms with Gasteiger partial charge in [0.1, 0.15) is 11.6 Å². The van der Waals surface area contributed by atoms with E-state index in [1.54, 1.807) is 21.0 Å². The number of aromatic nitrogens is 1. The summed E-state index contributed by atoms with van der Waals surface area (Å²) in [4.78, 5) is 0. The van der Waals surface area contributed by atoms with E-state index in [-0.39, 0.29) is 19.1 Å². The lowest BCUT2D eigenvalue weighted by Gasteiger charge is -2.25. The van der Waals surface area contributed by atoms with Gasteiger partial charge in [-0.15, -0.1) is 0 Å². The van der Waals surface area contributed by atoms with Crippen LogP contribution < -0.4 is 0 Å². The fourth-order valence-corrected chi connectivity index (χ4v) is 6.96. The van der Waals surface area contributed by atoms with Crippen LogP contribution in [0.1, 0.15) is 25.7 Å². The number of fused-ring (bicyclic) bond motifs is 3. The Kier molecular flexibility index (Phi) is 5.24. The molecule has 2 aliphatic rings. The molecule has 1 aliphatic carbocycles. The molecule has 2 aromatic carbocycles. The van der Waals surface area contributed by atoms with Crippen LogP contribution in [0.4, 0.5) is 8.78 Å². The van der Waals surface area contributed by atoms with Crippen molar-refractivity contribution >= 4 is 32.0 Å². The van der Waals surface area contributed by atoms with Gasteiger partial charge < -0.3 is 9.67 Å². The summed E-state index contributed by atoms with van der Waals surface area (Å²) in [5, 5.41) is 11.9. The molecule has 1 saturated heterocycles. The van der Waals surface area contributed by atoms with E-state index in [2.05, 4.69) is 0 Å². The van der Waals surface area contributed by atoms with E-state index in [0.717, 1.165) is 25.7 Å².